The van der Waals surface area contributed by atoms with Gasteiger partial charge in [0.05, 0.1) is 6.54 Å². The zero-order chi connectivity index (χ0) is 17.5. The van der Waals surface area contributed by atoms with Gasteiger partial charge in [-0.1, -0.05) is 19.3 Å². The fraction of sp³-hybridized carbons (Fsp3) is 0.765. The van der Waals surface area contributed by atoms with Crippen molar-refractivity contribution in [2.45, 2.75) is 57.8 Å². The van der Waals surface area contributed by atoms with Gasteiger partial charge in [-0.25, -0.2) is 5.10 Å². The van der Waals surface area contributed by atoms with Crippen molar-refractivity contribution < 1.29 is 9.59 Å². The largest absolute Gasteiger partial charge is 0.347 e. The molecule has 1 saturated carbocycles. The van der Waals surface area contributed by atoms with Crippen LogP contribution in [0, 0.1) is 5.92 Å². The van der Waals surface area contributed by atoms with Crippen LogP contribution < -0.4 is 15.5 Å². The van der Waals surface area contributed by atoms with E-state index in [-0.39, 0.29) is 18.4 Å². The van der Waals surface area contributed by atoms with Crippen molar-refractivity contribution in [3.63, 3.8) is 0 Å². The predicted octanol–water partition coefficient (Wildman–Crippen LogP) is 1.82. The zero-order valence-electron chi connectivity index (χ0n) is 14.7. The molecule has 1 saturated heterocycles. The van der Waals surface area contributed by atoms with Gasteiger partial charge in [0, 0.05) is 19.5 Å². The predicted molar refractivity (Wildman–Crippen MR) is 95.3 cm³/mol. The molecule has 0 radical (unpaired) electrons. The molecule has 2 heterocycles. The lowest BCUT2D eigenvalue weighted by atomic mass is 9.87. The molecule has 1 aliphatic heterocycles. The van der Waals surface area contributed by atoms with Gasteiger partial charge in [0.2, 0.25) is 23.7 Å². The molecule has 2 aliphatic rings. The molecule has 2 fully saturated rings. The molecule has 1 aliphatic carbocycles. The van der Waals surface area contributed by atoms with E-state index >= 15 is 0 Å². The summed E-state index contributed by atoms with van der Waals surface area (Å²) in [5.41, 5.74) is 0. The van der Waals surface area contributed by atoms with Crippen LogP contribution in [0.4, 0.5) is 11.9 Å². The molecule has 8 nitrogen and oxygen atoms in total. The molecule has 138 valence electrons. The highest BCUT2D eigenvalue weighted by Gasteiger charge is 2.18. The zero-order valence-corrected chi connectivity index (χ0v) is 14.7. The van der Waals surface area contributed by atoms with Crippen LogP contribution in [0.1, 0.15) is 57.8 Å². The molecule has 25 heavy (non-hydrogen) atoms. The van der Waals surface area contributed by atoms with Gasteiger partial charge in [0.15, 0.2) is 0 Å². The van der Waals surface area contributed by atoms with E-state index in [0.29, 0.717) is 24.2 Å². The Morgan fingerprint density at radius 3 is 2.52 bits per heavy atom. The summed E-state index contributed by atoms with van der Waals surface area (Å²) in [6, 6.07) is 0. The number of nitrogens with zero attached hydrogens (tertiary/aromatic N) is 3. The fourth-order valence-electron chi connectivity index (χ4n) is 3.62. The topological polar surface area (TPSA) is 103 Å². The van der Waals surface area contributed by atoms with Crippen LogP contribution in [0.3, 0.4) is 0 Å². The van der Waals surface area contributed by atoms with Crippen LogP contribution in [0.2, 0.25) is 0 Å². The smallest absolute Gasteiger partial charge is 0.246 e. The highest BCUT2D eigenvalue weighted by Crippen LogP contribution is 2.26. The quantitative estimate of drug-likeness (QED) is 0.728. The Kier molecular flexibility index (Phi) is 6.25. The maximum Gasteiger partial charge on any atom is 0.246 e. The molecular weight excluding hydrogens is 320 g/mol. The number of rotatable bonds is 6. The standard InChI is InChI=1S/C17H28N6O2/c24-14(11-13-7-3-1-4-8-13)18-12-15(25)19-16-20-17(22-21-16)23-9-5-2-6-10-23/h13H,1-12H2,(H,18,24)(H2,19,20,21,22,25). The Hall–Kier alpha value is -2.12. The SMILES string of the molecule is O=C(CC1CCCCC1)NCC(=O)Nc1nc(N2CCCCC2)n[nH]1. The molecule has 1 aromatic rings. The molecule has 3 rings (SSSR count). The number of H-pyrrole nitrogens is 1. The minimum atomic E-state index is -0.293. The molecule has 0 aromatic carbocycles. The number of amides is 2. The highest BCUT2D eigenvalue weighted by atomic mass is 16.2. The van der Waals surface area contributed by atoms with E-state index in [1.165, 1.54) is 25.7 Å². The Labute approximate surface area is 148 Å². The summed E-state index contributed by atoms with van der Waals surface area (Å²) in [5.74, 6) is 1.08. The maximum absolute atomic E-state index is 12.0. The van der Waals surface area contributed by atoms with Gasteiger partial charge in [0.25, 0.3) is 0 Å². The van der Waals surface area contributed by atoms with Crippen LogP contribution >= 0.6 is 0 Å². The molecule has 0 spiro atoms. The van der Waals surface area contributed by atoms with E-state index in [1.54, 1.807) is 0 Å². The molecule has 0 unspecified atom stereocenters. The molecule has 0 bridgehead atoms. The van der Waals surface area contributed by atoms with Gasteiger partial charge in [-0.15, -0.1) is 5.10 Å². The lowest BCUT2D eigenvalue weighted by molar-refractivity contribution is -0.125. The molecule has 1 aromatic heterocycles. The van der Waals surface area contributed by atoms with E-state index in [4.69, 9.17) is 0 Å². The van der Waals surface area contributed by atoms with Gasteiger partial charge >= 0.3 is 0 Å². The van der Waals surface area contributed by atoms with Crippen LogP contribution in [-0.4, -0.2) is 46.6 Å². The van der Waals surface area contributed by atoms with Gasteiger partial charge in [0.1, 0.15) is 0 Å². The van der Waals surface area contributed by atoms with E-state index in [0.717, 1.165) is 38.8 Å². The number of nitrogens with one attached hydrogen (secondary N) is 3. The Balaban J connectivity index is 1.38. The lowest BCUT2D eigenvalue weighted by Crippen LogP contribution is -2.34. The normalized spacial score (nSPS) is 18.8. The van der Waals surface area contributed by atoms with Crippen molar-refractivity contribution in [2.24, 2.45) is 5.92 Å². The number of hydrogen-bond acceptors (Lipinski definition) is 5. The van der Waals surface area contributed by atoms with Crippen molar-refractivity contribution >= 4 is 23.7 Å². The highest BCUT2D eigenvalue weighted by molar-refractivity contribution is 5.93. The number of carbonyl (C=O) groups excluding carboxylic acids is 2. The van der Waals surface area contributed by atoms with E-state index in [2.05, 4.69) is 30.7 Å². The van der Waals surface area contributed by atoms with E-state index in [9.17, 15) is 9.59 Å². The summed E-state index contributed by atoms with van der Waals surface area (Å²) in [6.07, 6.45) is 9.99. The molecule has 3 N–H and O–H groups in total. The third-order valence-electron chi connectivity index (χ3n) is 5.02. The van der Waals surface area contributed by atoms with Crippen LogP contribution in [-0.2, 0) is 9.59 Å². The van der Waals surface area contributed by atoms with E-state index < -0.39 is 0 Å². The summed E-state index contributed by atoms with van der Waals surface area (Å²) < 4.78 is 0. The van der Waals surface area contributed by atoms with Gasteiger partial charge < -0.3 is 10.2 Å². The number of anilines is 2. The van der Waals surface area contributed by atoms with Crippen molar-refractivity contribution in [1.82, 2.24) is 20.5 Å². The Morgan fingerprint density at radius 2 is 1.76 bits per heavy atom. The third kappa shape index (κ3) is 5.44. The molecule has 2 amide bonds. The lowest BCUT2D eigenvalue weighted by Gasteiger charge is -2.24. The Bertz CT molecular complexity index is 575. The van der Waals surface area contributed by atoms with Crippen molar-refractivity contribution in [2.75, 3.05) is 29.9 Å². The first-order valence-corrected chi connectivity index (χ1v) is 9.44. The summed E-state index contributed by atoms with van der Waals surface area (Å²) >= 11 is 0. The average molecular weight is 348 g/mol. The second kappa shape index (κ2) is 8.82. The summed E-state index contributed by atoms with van der Waals surface area (Å²) in [7, 11) is 0. The first-order valence-electron chi connectivity index (χ1n) is 9.44. The number of aromatic nitrogens is 3. The molecule has 8 heteroatoms. The van der Waals surface area contributed by atoms with Crippen LogP contribution in [0.25, 0.3) is 0 Å². The first kappa shape index (κ1) is 17.7. The number of aromatic amines is 1. The minimum Gasteiger partial charge on any atom is -0.347 e. The summed E-state index contributed by atoms with van der Waals surface area (Å²) in [6.45, 7) is 1.86. The van der Waals surface area contributed by atoms with Gasteiger partial charge in [-0.05, 0) is 38.0 Å². The van der Waals surface area contributed by atoms with Crippen LogP contribution in [0.15, 0.2) is 0 Å². The second-order valence-electron chi connectivity index (χ2n) is 7.06. The second-order valence-corrected chi connectivity index (χ2v) is 7.06. The molecule has 0 atom stereocenters. The maximum atomic E-state index is 12.0. The van der Waals surface area contributed by atoms with E-state index in [1.807, 2.05) is 0 Å². The summed E-state index contributed by atoms with van der Waals surface area (Å²) in [5, 5.41) is 12.2. The molecular formula is C17H28N6O2. The van der Waals surface area contributed by atoms with Crippen molar-refractivity contribution in [3.05, 3.63) is 0 Å². The number of piperidine rings is 1. The van der Waals surface area contributed by atoms with Crippen molar-refractivity contribution in [3.8, 4) is 0 Å². The number of carbonyl (C=O) groups is 2. The number of hydrogen-bond donors (Lipinski definition) is 3. The first-order chi connectivity index (χ1) is 12.2. The monoisotopic (exact) mass is 348 g/mol. The van der Waals surface area contributed by atoms with Gasteiger partial charge in [-0.3, -0.25) is 14.9 Å². The minimum absolute atomic E-state index is 0.0364. The fourth-order valence-corrected chi connectivity index (χ4v) is 3.62. The van der Waals surface area contributed by atoms with Crippen molar-refractivity contribution in [1.29, 1.82) is 0 Å². The summed E-state index contributed by atoms with van der Waals surface area (Å²) in [4.78, 5) is 30.3. The average Bonchev–Trinajstić information content (AvgIpc) is 3.10. The van der Waals surface area contributed by atoms with Gasteiger partial charge in [-0.2, -0.15) is 4.98 Å². The van der Waals surface area contributed by atoms with Crippen LogP contribution in [0.5, 0.6) is 0 Å². The third-order valence-corrected chi connectivity index (χ3v) is 5.02. The Morgan fingerprint density at radius 1 is 1.04 bits per heavy atom.